The normalized spacial score (nSPS) is 20.8. The number of anilines is 1. The second kappa shape index (κ2) is 4.92. The molecule has 0 aromatic carbocycles. The van der Waals surface area contributed by atoms with Crippen molar-refractivity contribution in [3.63, 3.8) is 0 Å². The minimum Gasteiger partial charge on any atom is -0.379 e. The first-order valence-electron chi connectivity index (χ1n) is 6.48. The van der Waals surface area contributed by atoms with Gasteiger partial charge in [0.2, 0.25) is 0 Å². The summed E-state index contributed by atoms with van der Waals surface area (Å²) in [6.07, 6.45) is 4.73. The number of hydrogen-bond donors (Lipinski definition) is 1. The molecule has 18 heavy (non-hydrogen) atoms. The van der Waals surface area contributed by atoms with Crippen molar-refractivity contribution in [3.8, 4) is 0 Å². The molecule has 0 aliphatic heterocycles. The molecule has 1 aromatic heterocycles. The van der Waals surface area contributed by atoms with E-state index in [1.165, 1.54) is 4.68 Å². The van der Waals surface area contributed by atoms with E-state index >= 15 is 0 Å². The Morgan fingerprint density at radius 2 is 2.28 bits per heavy atom. The summed E-state index contributed by atoms with van der Waals surface area (Å²) in [6, 6.07) is 0.391. The summed E-state index contributed by atoms with van der Waals surface area (Å²) in [5, 5.41) is 7.71. The van der Waals surface area contributed by atoms with Gasteiger partial charge < -0.3 is 5.32 Å². The van der Waals surface area contributed by atoms with E-state index in [2.05, 4.69) is 31.2 Å². The van der Waals surface area contributed by atoms with Gasteiger partial charge in [-0.05, 0) is 18.3 Å². The minimum absolute atomic E-state index is 0.200. The van der Waals surface area contributed by atoms with Crippen molar-refractivity contribution >= 4 is 17.3 Å². The lowest BCUT2D eigenvalue weighted by molar-refractivity contribution is 0.543. The van der Waals surface area contributed by atoms with Crippen molar-refractivity contribution in [2.45, 2.75) is 52.6 Å². The molecule has 1 aromatic rings. The van der Waals surface area contributed by atoms with E-state index in [0.29, 0.717) is 23.7 Å². The second-order valence-electron chi connectivity index (χ2n) is 5.64. The molecule has 0 bridgehead atoms. The predicted molar refractivity (Wildman–Crippen MR) is 74.2 cm³/mol. The van der Waals surface area contributed by atoms with Crippen LogP contribution in [0.15, 0.2) is 11.0 Å². The summed E-state index contributed by atoms with van der Waals surface area (Å²) in [5.74, 6) is 0. The zero-order valence-electron chi connectivity index (χ0n) is 11.2. The van der Waals surface area contributed by atoms with E-state index in [9.17, 15) is 4.79 Å². The SMILES string of the molecule is CCCCn1ncc(NC2CC2(C)C)c(Cl)c1=O. The van der Waals surface area contributed by atoms with Crippen LogP contribution in [0.5, 0.6) is 0 Å². The van der Waals surface area contributed by atoms with Crippen LogP contribution in [-0.4, -0.2) is 15.8 Å². The van der Waals surface area contributed by atoms with Gasteiger partial charge in [0.15, 0.2) is 0 Å². The molecule has 0 saturated heterocycles. The van der Waals surface area contributed by atoms with Gasteiger partial charge in [-0.25, -0.2) is 4.68 Å². The van der Waals surface area contributed by atoms with Crippen LogP contribution in [0.2, 0.25) is 5.02 Å². The molecular weight excluding hydrogens is 250 g/mol. The molecule has 1 atom stereocenters. The Bertz CT molecular complexity index is 495. The van der Waals surface area contributed by atoms with Crippen molar-refractivity contribution in [1.29, 1.82) is 0 Å². The summed E-state index contributed by atoms with van der Waals surface area (Å²) in [6.45, 7) is 7.09. The van der Waals surface area contributed by atoms with Gasteiger partial charge in [0.25, 0.3) is 5.56 Å². The van der Waals surface area contributed by atoms with Crippen molar-refractivity contribution in [1.82, 2.24) is 9.78 Å². The molecule has 1 saturated carbocycles. The standard InChI is InChI=1S/C13H20ClN3O/c1-4-5-6-17-12(18)11(14)9(8-15-17)16-10-7-13(10,2)3/h8,10,16H,4-7H2,1-3H3. The largest absolute Gasteiger partial charge is 0.379 e. The third-order valence-electron chi connectivity index (χ3n) is 3.55. The van der Waals surface area contributed by atoms with E-state index < -0.39 is 0 Å². The maximum Gasteiger partial charge on any atom is 0.287 e. The molecule has 0 spiro atoms. The molecular formula is C13H20ClN3O. The van der Waals surface area contributed by atoms with Gasteiger partial charge in [0.1, 0.15) is 5.02 Å². The van der Waals surface area contributed by atoms with E-state index in [-0.39, 0.29) is 10.6 Å². The number of rotatable bonds is 5. The van der Waals surface area contributed by atoms with Gasteiger partial charge in [-0.3, -0.25) is 4.79 Å². The molecule has 0 radical (unpaired) electrons. The first kappa shape index (κ1) is 13.4. The molecule has 1 fully saturated rings. The van der Waals surface area contributed by atoms with Crippen LogP contribution in [0.4, 0.5) is 5.69 Å². The van der Waals surface area contributed by atoms with E-state index in [1.807, 2.05) is 0 Å². The maximum atomic E-state index is 12.0. The number of nitrogens with zero attached hydrogens (tertiary/aromatic N) is 2. The fourth-order valence-corrected chi connectivity index (χ4v) is 2.14. The minimum atomic E-state index is -0.200. The van der Waals surface area contributed by atoms with Gasteiger partial charge >= 0.3 is 0 Å². The van der Waals surface area contributed by atoms with E-state index in [1.54, 1.807) is 6.20 Å². The monoisotopic (exact) mass is 269 g/mol. The number of aromatic nitrogens is 2. The number of halogens is 1. The average Bonchev–Trinajstić information content (AvgIpc) is 2.92. The van der Waals surface area contributed by atoms with Gasteiger partial charge in [0.05, 0.1) is 11.9 Å². The van der Waals surface area contributed by atoms with Crippen LogP contribution in [0.3, 0.4) is 0 Å². The Morgan fingerprint density at radius 3 is 2.83 bits per heavy atom. The molecule has 1 unspecified atom stereocenters. The molecule has 5 heteroatoms. The molecule has 100 valence electrons. The third kappa shape index (κ3) is 2.69. The zero-order chi connectivity index (χ0) is 13.3. The van der Waals surface area contributed by atoms with Gasteiger partial charge in [-0.15, -0.1) is 0 Å². The van der Waals surface area contributed by atoms with Gasteiger partial charge in [-0.2, -0.15) is 5.10 Å². The van der Waals surface area contributed by atoms with Crippen LogP contribution in [0, 0.1) is 5.41 Å². The molecule has 1 heterocycles. The quantitative estimate of drug-likeness (QED) is 0.894. The van der Waals surface area contributed by atoms with E-state index in [0.717, 1.165) is 19.3 Å². The highest BCUT2D eigenvalue weighted by Gasteiger charge is 2.45. The van der Waals surface area contributed by atoms with Crippen LogP contribution < -0.4 is 10.9 Å². The summed E-state index contributed by atoms with van der Waals surface area (Å²) >= 11 is 6.11. The molecule has 1 aliphatic rings. The first-order valence-corrected chi connectivity index (χ1v) is 6.85. The van der Waals surface area contributed by atoms with Crippen molar-refractivity contribution < 1.29 is 0 Å². The van der Waals surface area contributed by atoms with Crippen molar-refractivity contribution in [2.75, 3.05) is 5.32 Å². The molecule has 1 aliphatic carbocycles. The topological polar surface area (TPSA) is 46.9 Å². The highest BCUT2D eigenvalue weighted by Crippen LogP contribution is 2.46. The average molecular weight is 270 g/mol. The van der Waals surface area contributed by atoms with Crippen LogP contribution in [-0.2, 0) is 6.54 Å². The smallest absolute Gasteiger partial charge is 0.287 e. The maximum absolute atomic E-state index is 12.0. The van der Waals surface area contributed by atoms with Crippen molar-refractivity contribution in [2.24, 2.45) is 5.41 Å². The highest BCUT2D eigenvalue weighted by atomic mass is 35.5. The second-order valence-corrected chi connectivity index (χ2v) is 6.02. The van der Waals surface area contributed by atoms with Crippen LogP contribution in [0.25, 0.3) is 0 Å². The van der Waals surface area contributed by atoms with E-state index in [4.69, 9.17) is 11.6 Å². The summed E-state index contributed by atoms with van der Waals surface area (Å²) in [4.78, 5) is 12.0. The molecule has 2 rings (SSSR count). The Balaban J connectivity index is 2.14. The fraction of sp³-hybridized carbons (Fsp3) is 0.692. The summed E-state index contributed by atoms with van der Waals surface area (Å²) in [5.41, 5.74) is 0.749. The summed E-state index contributed by atoms with van der Waals surface area (Å²) < 4.78 is 1.44. The number of nitrogens with one attached hydrogen (secondary N) is 1. The Morgan fingerprint density at radius 1 is 1.61 bits per heavy atom. The highest BCUT2D eigenvalue weighted by molar-refractivity contribution is 6.32. The number of aryl methyl sites for hydroxylation is 1. The van der Waals surface area contributed by atoms with Crippen molar-refractivity contribution in [3.05, 3.63) is 21.6 Å². The summed E-state index contributed by atoms with van der Waals surface area (Å²) in [7, 11) is 0. The molecule has 0 amide bonds. The fourth-order valence-electron chi connectivity index (χ4n) is 1.93. The van der Waals surface area contributed by atoms with Gasteiger partial charge in [0, 0.05) is 12.6 Å². The molecule has 1 N–H and O–H groups in total. The predicted octanol–water partition coefficient (Wildman–Crippen LogP) is 2.91. The Kier molecular flexibility index (Phi) is 3.66. The third-order valence-corrected chi connectivity index (χ3v) is 3.92. The van der Waals surface area contributed by atoms with Crippen LogP contribution in [0.1, 0.15) is 40.0 Å². The van der Waals surface area contributed by atoms with Gasteiger partial charge in [-0.1, -0.05) is 38.8 Å². The lowest BCUT2D eigenvalue weighted by Gasteiger charge is -2.11. The zero-order valence-corrected chi connectivity index (χ0v) is 11.9. The first-order chi connectivity index (χ1) is 8.45. The van der Waals surface area contributed by atoms with Crippen LogP contribution >= 0.6 is 11.6 Å². The Hall–Kier alpha value is -1.03. The molecule has 4 nitrogen and oxygen atoms in total. The number of unbranched alkanes of at least 4 members (excludes halogenated alkanes) is 1. The lowest BCUT2D eigenvalue weighted by Crippen LogP contribution is -2.25. The Labute approximate surface area is 112 Å². The number of hydrogen-bond acceptors (Lipinski definition) is 3. The lowest BCUT2D eigenvalue weighted by atomic mass is 10.2.